The van der Waals surface area contributed by atoms with Crippen LogP contribution >= 0.6 is 12.4 Å². The molecule has 0 radical (unpaired) electrons. The number of esters is 1. The molecule has 1 saturated carbocycles. The summed E-state index contributed by atoms with van der Waals surface area (Å²) in [5.41, 5.74) is -0.154. The number of likely N-dealkylation sites (tertiary alicyclic amines) is 1. The Morgan fingerprint density at radius 2 is 1.76 bits per heavy atom. The summed E-state index contributed by atoms with van der Waals surface area (Å²) in [5.74, 6) is 0.592. The minimum Gasteiger partial charge on any atom is -0.459 e. The van der Waals surface area contributed by atoms with Gasteiger partial charge in [-0.2, -0.15) is 0 Å². The predicted molar refractivity (Wildman–Crippen MR) is 88.9 cm³/mol. The number of carbonyl (C=O) groups is 1. The molecule has 124 valence electrons. The molecule has 2 rings (SSSR count). The zero-order valence-electron chi connectivity index (χ0n) is 13.9. The van der Waals surface area contributed by atoms with Gasteiger partial charge in [0.05, 0.1) is 0 Å². The van der Waals surface area contributed by atoms with Gasteiger partial charge in [-0.3, -0.25) is 4.79 Å². The Labute approximate surface area is 136 Å². The highest BCUT2D eigenvalue weighted by molar-refractivity contribution is 5.85. The van der Waals surface area contributed by atoms with Crippen LogP contribution in [0.5, 0.6) is 0 Å². The number of nitrogens with zero attached hydrogens (tertiary/aromatic N) is 1. The minimum atomic E-state index is -0.154. The molecule has 2 fully saturated rings. The third-order valence-electron chi connectivity index (χ3n) is 5.33. The van der Waals surface area contributed by atoms with Crippen LogP contribution in [0.4, 0.5) is 0 Å². The van der Waals surface area contributed by atoms with E-state index in [1.807, 2.05) is 6.92 Å². The number of carbonyl (C=O) groups excluding carboxylic acids is 1. The van der Waals surface area contributed by atoms with Crippen molar-refractivity contribution in [3.05, 3.63) is 0 Å². The van der Waals surface area contributed by atoms with E-state index in [9.17, 15) is 4.79 Å². The highest BCUT2D eigenvalue weighted by atomic mass is 35.5. The van der Waals surface area contributed by atoms with E-state index in [2.05, 4.69) is 18.7 Å². The second-order valence-electron chi connectivity index (χ2n) is 6.86. The number of hydrogen-bond acceptors (Lipinski definition) is 3. The molecule has 3 nitrogen and oxygen atoms in total. The van der Waals surface area contributed by atoms with Crippen LogP contribution in [0.25, 0.3) is 0 Å². The SMILES string of the molecule is CCC(=O)OC1(C2CCCCC2)CCN(C(C)C)CC1.Cl. The Balaban J connectivity index is 0.00000220. The fourth-order valence-corrected chi connectivity index (χ4v) is 3.94. The summed E-state index contributed by atoms with van der Waals surface area (Å²) in [6.07, 6.45) is 9.03. The first-order valence-electron chi connectivity index (χ1n) is 8.53. The lowest BCUT2D eigenvalue weighted by Gasteiger charge is -2.48. The first-order valence-corrected chi connectivity index (χ1v) is 8.53. The molecule has 0 bridgehead atoms. The summed E-state index contributed by atoms with van der Waals surface area (Å²) < 4.78 is 6.03. The van der Waals surface area contributed by atoms with Crippen LogP contribution in [0.1, 0.15) is 72.1 Å². The summed E-state index contributed by atoms with van der Waals surface area (Å²) in [5, 5.41) is 0. The molecule has 0 aromatic heterocycles. The molecule has 4 heteroatoms. The second-order valence-corrected chi connectivity index (χ2v) is 6.86. The lowest BCUT2D eigenvalue weighted by Crippen LogP contribution is -2.53. The van der Waals surface area contributed by atoms with Crippen LogP contribution in [-0.4, -0.2) is 35.6 Å². The molecule has 1 saturated heterocycles. The van der Waals surface area contributed by atoms with Gasteiger partial charge >= 0.3 is 5.97 Å². The largest absolute Gasteiger partial charge is 0.459 e. The molecule has 0 aromatic carbocycles. The van der Waals surface area contributed by atoms with Gasteiger partial charge in [-0.15, -0.1) is 12.4 Å². The van der Waals surface area contributed by atoms with E-state index in [-0.39, 0.29) is 24.0 Å². The summed E-state index contributed by atoms with van der Waals surface area (Å²) in [6.45, 7) is 8.56. The van der Waals surface area contributed by atoms with E-state index in [1.165, 1.54) is 32.1 Å². The van der Waals surface area contributed by atoms with E-state index in [1.54, 1.807) is 0 Å². The molecule has 0 atom stereocenters. The number of halogens is 1. The Hall–Kier alpha value is -0.280. The molecule has 0 unspecified atom stereocenters. The van der Waals surface area contributed by atoms with E-state index < -0.39 is 0 Å². The van der Waals surface area contributed by atoms with Gasteiger partial charge < -0.3 is 9.64 Å². The van der Waals surface area contributed by atoms with Crippen molar-refractivity contribution in [2.45, 2.75) is 83.8 Å². The summed E-state index contributed by atoms with van der Waals surface area (Å²) in [4.78, 5) is 14.4. The van der Waals surface area contributed by atoms with Crippen LogP contribution < -0.4 is 0 Å². The standard InChI is InChI=1S/C17H31NO2.ClH/c1-4-16(19)20-17(15-8-6-5-7-9-15)10-12-18(13-11-17)14(2)3;/h14-15H,4-13H2,1-3H3;1H. The average Bonchev–Trinajstić information content (AvgIpc) is 2.48. The number of ether oxygens (including phenoxy) is 1. The van der Waals surface area contributed by atoms with E-state index in [4.69, 9.17) is 4.74 Å². The van der Waals surface area contributed by atoms with Crippen molar-refractivity contribution in [1.82, 2.24) is 4.90 Å². The molecule has 1 aliphatic heterocycles. The quantitative estimate of drug-likeness (QED) is 0.728. The van der Waals surface area contributed by atoms with Gasteiger partial charge in [-0.05, 0) is 32.6 Å². The van der Waals surface area contributed by atoms with Crippen LogP contribution in [-0.2, 0) is 9.53 Å². The predicted octanol–water partition coefficient (Wildman–Crippen LogP) is 4.18. The summed E-state index contributed by atoms with van der Waals surface area (Å²) in [6, 6.07) is 0.598. The van der Waals surface area contributed by atoms with Crippen molar-refractivity contribution in [1.29, 1.82) is 0 Å². The van der Waals surface area contributed by atoms with Crippen LogP contribution in [0, 0.1) is 5.92 Å². The molecule has 0 amide bonds. The van der Waals surface area contributed by atoms with Crippen molar-refractivity contribution in [3.63, 3.8) is 0 Å². The van der Waals surface area contributed by atoms with Crippen molar-refractivity contribution >= 4 is 18.4 Å². The van der Waals surface area contributed by atoms with Crippen molar-refractivity contribution in [2.75, 3.05) is 13.1 Å². The fraction of sp³-hybridized carbons (Fsp3) is 0.941. The van der Waals surface area contributed by atoms with Crippen LogP contribution in [0.3, 0.4) is 0 Å². The number of rotatable bonds is 4. The molecule has 0 aromatic rings. The Bertz CT molecular complexity index is 319. The molecular formula is C17H32ClNO2. The van der Waals surface area contributed by atoms with Gasteiger partial charge in [0.25, 0.3) is 0 Å². The van der Waals surface area contributed by atoms with E-state index >= 15 is 0 Å². The smallest absolute Gasteiger partial charge is 0.306 e. The lowest BCUT2D eigenvalue weighted by atomic mass is 9.72. The second kappa shape index (κ2) is 8.38. The monoisotopic (exact) mass is 317 g/mol. The lowest BCUT2D eigenvalue weighted by molar-refractivity contribution is -0.176. The maximum atomic E-state index is 11.9. The Morgan fingerprint density at radius 1 is 1.19 bits per heavy atom. The van der Waals surface area contributed by atoms with Gasteiger partial charge in [0.15, 0.2) is 0 Å². The molecule has 2 aliphatic rings. The van der Waals surface area contributed by atoms with Crippen molar-refractivity contribution in [2.24, 2.45) is 5.92 Å². The average molecular weight is 318 g/mol. The van der Waals surface area contributed by atoms with Crippen LogP contribution in [0.15, 0.2) is 0 Å². The van der Waals surface area contributed by atoms with Crippen molar-refractivity contribution in [3.8, 4) is 0 Å². The summed E-state index contributed by atoms with van der Waals surface area (Å²) in [7, 11) is 0. The maximum absolute atomic E-state index is 11.9. The first kappa shape index (κ1) is 18.8. The first-order chi connectivity index (χ1) is 9.57. The van der Waals surface area contributed by atoms with Crippen LogP contribution in [0.2, 0.25) is 0 Å². The zero-order chi connectivity index (χ0) is 14.6. The third kappa shape index (κ3) is 4.59. The minimum absolute atomic E-state index is 0. The zero-order valence-corrected chi connectivity index (χ0v) is 14.7. The molecule has 21 heavy (non-hydrogen) atoms. The van der Waals surface area contributed by atoms with E-state index in [0.29, 0.717) is 18.4 Å². The summed E-state index contributed by atoms with van der Waals surface area (Å²) >= 11 is 0. The normalized spacial score (nSPS) is 23.6. The topological polar surface area (TPSA) is 29.5 Å². The van der Waals surface area contributed by atoms with Gasteiger partial charge in [-0.1, -0.05) is 26.2 Å². The Morgan fingerprint density at radius 3 is 2.24 bits per heavy atom. The molecule has 0 spiro atoms. The van der Waals surface area contributed by atoms with E-state index in [0.717, 1.165) is 25.9 Å². The number of hydrogen-bond donors (Lipinski definition) is 0. The molecule has 0 N–H and O–H groups in total. The van der Waals surface area contributed by atoms with Gasteiger partial charge in [0, 0.05) is 38.4 Å². The van der Waals surface area contributed by atoms with Gasteiger partial charge in [-0.25, -0.2) is 0 Å². The van der Waals surface area contributed by atoms with Gasteiger partial charge in [0.2, 0.25) is 0 Å². The molecule has 1 heterocycles. The van der Waals surface area contributed by atoms with Gasteiger partial charge in [0.1, 0.15) is 5.60 Å². The molecule has 1 aliphatic carbocycles. The third-order valence-corrected chi connectivity index (χ3v) is 5.33. The van der Waals surface area contributed by atoms with Crippen molar-refractivity contribution < 1.29 is 9.53 Å². The maximum Gasteiger partial charge on any atom is 0.306 e. The molecular weight excluding hydrogens is 286 g/mol. The Kier molecular flexibility index (Phi) is 7.49. The fourth-order valence-electron chi connectivity index (χ4n) is 3.94. The number of piperidine rings is 1. The highest BCUT2D eigenvalue weighted by Crippen LogP contribution is 2.42. The highest BCUT2D eigenvalue weighted by Gasteiger charge is 2.44.